The molecule has 3 heteroatoms. The van der Waals surface area contributed by atoms with E-state index in [9.17, 15) is 4.79 Å². The molecule has 1 fully saturated rings. The molecule has 1 aromatic heterocycles. The maximum atomic E-state index is 12.7. The number of Topliss-reactive ketones (excluding diaryl/α,β-unsaturated/α-hetero) is 1. The maximum Gasteiger partial charge on any atom is 0.168 e. The van der Waals surface area contributed by atoms with Gasteiger partial charge in [0.05, 0.1) is 5.69 Å². The molecule has 2 aliphatic carbocycles. The summed E-state index contributed by atoms with van der Waals surface area (Å²) in [5.74, 6) is 1.95. The first-order chi connectivity index (χ1) is 11.7. The second-order valence-electron chi connectivity index (χ2n) is 7.19. The number of ketones is 1. The zero-order chi connectivity index (χ0) is 16.5. The minimum absolute atomic E-state index is 0.193. The van der Waals surface area contributed by atoms with Crippen LogP contribution in [0.2, 0.25) is 0 Å². The van der Waals surface area contributed by atoms with E-state index in [1.165, 1.54) is 24.8 Å². The summed E-state index contributed by atoms with van der Waals surface area (Å²) < 4.78 is 0. The van der Waals surface area contributed by atoms with E-state index in [4.69, 9.17) is 4.98 Å². The monoisotopic (exact) mass is 320 g/mol. The second-order valence-corrected chi connectivity index (χ2v) is 7.19. The molecule has 0 bridgehead atoms. The fourth-order valence-electron chi connectivity index (χ4n) is 4.25. The van der Waals surface area contributed by atoms with Gasteiger partial charge in [0.2, 0.25) is 0 Å². The number of benzene rings is 1. The normalized spacial score (nSPS) is 24.0. The predicted octanol–water partition coefficient (Wildman–Crippen LogP) is 4.80. The first-order valence-corrected chi connectivity index (χ1v) is 9.08. The summed E-state index contributed by atoms with van der Waals surface area (Å²) in [5, 5.41) is 3.47. The van der Waals surface area contributed by atoms with Crippen molar-refractivity contribution in [3.8, 4) is 0 Å². The van der Waals surface area contributed by atoms with Crippen LogP contribution in [0.5, 0.6) is 0 Å². The summed E-state index contributed by atoms with van der Waals surface area (Å²) in [5.41, 5.74) is 3.09. The molecule has 124 valence electrons. The smallest absolute Gasteiger partial charge is 0.168 e. The Balaban J connectivity index is 1.56. The number of fused-ring (bicyclic) bond motifs is 2. The third-order valence-corrected chi connectivity index (χ3v) is 5.60. The van der Waals surface area contributed by atoms with E-state index in [1.54, 1.807) is 0 Å². The number of hydrogen-bond acceptors (Lipinski definition) is 3. The van der Waals surface area contributed by atoms with Crippen molar-refractivity contribution in [2.24, 2.45) is 11.8 Å². The lowest BCUT2D eigenvalue weighted by Gasteiger charge is -2.35. The number of aromatic nitrogens is 1. The molecule has 24 heavy (non-hydrogen) atoms. The minimum atomic E-state index is 0.193. The summed E-state index contributed by atoms with van der Waals surface area (Å²) >= 11 is 0. The van der Waals surface area contributed by atoms with E-state index < -0.39 is 0 Å². The SMILES string of the molecule is CC(Nc1ccc2c(n1)CC1CCCCC1C2=O)c1ccccc1. The third kappa shape index (κ3) is 2.83. The molecule has 0 aliphatic heterocycles. The van der Waals surface area contributed by atoms with Gasteiger partial charge in [-0.05, 0) is 49.8 Å². The number of nitrogens with one attached hydrogen (secondary N) is 1. The summed E-state index contributed by atoms with van der Waals surface area (Å²) in [6, 6.07) is 14.5. The highest BCUT2D eigenvalue weighted by molar-refractivity contribution is 6.00. The maximum absolute atomic E-state index is 12.7. The Kier molecular flexibility index (Phi) is 4.09. The van der Waals surface area contributed by atoms with Crippen LogP contribution in [0.1, 0.15) is 60.3 Å². The van der Waals surface area contributed by atoms with E-state index in [0.29, 0.717) is 11.7 Å². The van der Waals surface area contributed by atoms with Crippen LogP contribution >= 0.6 is 0 Å². The molecule has 2 aliphatic rings. The van der Waals surface area contributed by atoms with Gasteiger partial charge >= 0.3 is 0 Å². The van der Waals surface area contributed by atoms with Crippen LogP contribution in [0.3, 0.4) is 0 Å². The molecule has 3 unspecified atom stereocenters. The number of carbonyl (C=O) groups excluding carboxylic acids is 1. The van der Waals surface area contributed by atoms with Crippen molar-refractivity contribution in [3.63, 3.8) is 0 Å². The van der Waals surface area contributed by atoms with Gasteiger partial charge in [-0.25, -0.2) is 4.98 Å². The van der Waals surface area contributed by atoms with Crippen molar-refractivity contribution < 1.29 is 4.79 Å². The van der Waals surface area contributed by atoms with Gasteiger partial charge in [-0.1, -0.05) is 43.2 Å². The van der Waals surface area contributed by atoms with Gasteiger partial charge in [0.15, 0.2) is 5.78 Å². The molecule has 1 N–H and O–H groups in total. The lowest BCUT2D eigenvalue weighted by molar-refractivity contribution is 0.0798. The Morgan fingerprint density at radius 2 is 1.88 bits per heavy atom. The number of carbonyl (C=O) groups is 1. The van der Waals surface area contributed by atoms with Crippen molar-refractivity contribution in [1.29, 1.82) is 0 Å². The highest BCUT2D eigenvalue weighted by Gasteiger charge is 2.37. The highest BCUT2D eigenvalue weighted by atomic mass is 16.1. The molecule has 0 radical (unpaired) electrons. The zero-order valence-electron chi connectivity index (χ0n) is 14.2. The van der Waals surface area contributed by atoms with E-state index in [2.05, 4.69) is 36.5 Å². The molecule has 0 saturated heterocycles. The molecule has 1 aromatic carbocycles. The number of anilines is 1. The van der Waals surface area contributed by atoms with Crippen LogP contribution in [-0.4, -0.2) is 10.8 Å². The van der Waals surface area contributed by atoms with E-state index >= 15 is 0 Å². The highest BCUT2D eigenvalue weighted by Crippen LogP contribution is 2.39. The number of hydrogen-bond donors (Lipinski definition) is 1. The average Bonchev–Trinajstić information content (AvgIpc) is 2.62. The topological polar surface area (TPSA) is 42.0 Å². The Bertz CT molecular complexity index is 741. The Morgan fingerprint density at radius 1 is 1.08 bits per heavy atom. The van der Waals surface area contributed by atoms with E-state index in [1.807, 2.05) is 18.2 Å². The fraction of sp³-hybridized carbons (Fsp3) is 0.429. The molecule has 0 amide bonds. The lowest BCUT2D eigenvalue weighted by Crippen LogP contribution is -2.34. The van der Waals surface area contributed by atoms with Gasteiger partial charge in [-0.2, -0.15) is 0 Å². The van der Waals surface area contributed by atoms with Gasteiger partial charge in [0.25, 0.3) is 0 Å². The summed E-state index contributed by atoms with van der Waals surface area (Å²) in [6.07, 6.45) is 5.65. The molecule has 0 spiro atoms. The molecular weight excluding hydrogens is 296 g/mol. The molecular formula is C21H24N2O. The number of pyridine rings is 1. The average molecular weight is 320 g/mol. The number of rotatable bonds is 3. The summed E-state index contributed by atoms with van der Waals surface area (Å²) in [4.78, 5) is 17.5. The largest absolute Gasteiger partial charge is 0.364 e. The third-order valence-electron chi connectivity index (χ3n) is 5.60. The number of nitrogens with zero attached hydrogens (tertiary/aromatic N) is 1. The molecule has 4 rings (SSSR count). The molecule has 1 heterocycles. The minimum Gasteiger partial charge on any atom is -0.364 e. The second kappa shape index (κ2) is 6.39. The quantitative estimate of drug-likeness (QED) is 0.883. The summed E-state index contributed by atoms with van der Waals surface area (Å²) in [6.45, 7) is 2.14. The standard InChI is InChI=1S/C21H24N2O/c1-14(15-7-3-2-4-8-15)22-20-12-11-18-19(23-20)13-16-9-5-6-10-17(16)21(18)24/h2-4,7-8,11-12,14,16-17H,5-6,9-10,13H2,1H3,(H,22,23). The van der Waals surface area contributed by atoms with Gasteiger partial charge in [-0.15, -0.1) is 0 Å². The summed E-state index contributed by atoms with van der Waals surface area (Å²) in [7, 11) is 0. The van der Waals surface area contributed by atoms with Crippen molar-refractivity contribution in [2.75, 3.05) is 5.32 Å². The van der Waals surface area contributed by atoms with Crippen LogP contribution in [0.4, 0.5) is 5.82 Å². The van der Waals surface area contributed by atoms with Crippen molar-refractivity contribution >= 4 is 11.6 Å². The van der Waals surface area contributed by atoms with Gasteiger partial charge in [0.1, 0.15) is 5.82 Å². The van der Waals surface area contributed by atoms with E-state index in [0.717, 1.165) is 29.9 Å². The van der Waals surface area contributed by atoms with Crippen LogP contribution in [-0.2, 0) is 6.42 Å². The zero-order valence-corrected chi connectivity index (χ0v) is 14.2. The van der Waals surface area contributed by atoms with Crippen molar-refractivity contribution in [3.05, 3.63) is 59.3 Å². The first kappa shape index (κ1) is 15.4. The van der Waals surface area contributed by atoms with Crippen LogP contribution in [0.25, 0.3) is 0 Å². The molecule has 1 saturated carbocycles. The van der Waals surface area contributed by atoms with Gasteiger partial charge < -0.3 is 5.32 Å². The van der Waals surface area contributed by atoms with Crippen LogP contribution in [0.15, 0.2) is 42.5 Å². The van der Waals surface area contributed by atoms with Crippen LogP contribution < -0.4 is 5.32 Å². The van der Waals surface area contributed by atoms with Crippen LogP contribution in [0, 0.1) is 11.8 Å². The fourth-order valence-corrected chi connectivity index (χ4v) is 4.25. The van der Waals surface area contributed by atoms with Crippen molar-refractivity contribution in [1.82, 2.24) is 4.98 Å². The van der Waals surface area contributed by atoms with Gasteiger partial charge in [0, 0.05) is 17.5 Å². The Labute approximate surface area is 143 Å². The van der Waals surface area contributed by atoms with E-state index in [-0.39, 0.29) is 12.0 Å². The lowest BCUT2D eigenvalue weighted by atomic mass is 9.69. The Hall–Kier alpha value is -2.16. The van der Waals surface area contributed by atoms with Gasteiger partial charge in [-0.3, -0.25) is 4.79 Å². The first-order valence-electron chi connectivity index (χ1n) is 9.08. The Morgan fingerprint density at radius 3 is 2.71 bits per heavy atom. The molecule has 2 aromatic rings. The molecule has 3 atom stereocenters. The molecule has 3 nitrogen and oxygen atoms in total. The predicted molar refractivity (Wildman–Crippen MR) is 96.2 cm³/mol. The van der Waals surface area contributed by atoms with Crippen molar-refractivity contribution in [2.45, 2.75) is 45.1 Å².